The average Bonchev–Trinajstić information content (AvgIpc) is 2.67. The number of nitrogens with zero attached hydrogens (tertiary/aromatic N) is 2. The van der Waals surface area contributed by atoms with Gasteiger partial charge in [-0.25, -0.2) is 4.98 Å². The van der Waals surface area contributed by atoms with Gasteiger partial charge >= 0.3 is 12.1 Å². The van der Waals surface area contributed by atoms with Gasteiger partial charge in [-0.15, -0.1) is 0 Å². The molecule has 1 N–H and O–H groups in total. The van der Waals surface area contributed by atoms with E-state index in [2.05, 4.69) is 4.98 Å². The number of hydrogen-bond acceptors (Lipinski definition) is 4. The molecule has 0 radical (unpaired) electrons. The number of oxazole rings is 1. The largest absolute Gasteiger partial charge is 0.480 e. The summed E-state index contributed by atoms with van der Waals surface area (Å²) in [4.78, 5) is 15.3. The Morgan fingerprint density at radius 2 is 2.05 bits per heavy atom. The van der Waals surface area contributed by atoms with Crippen molar-refractivity contribution in [1.82, 2.24) is 9.88 Å². The van der Waals surface area contributed by atoms with Gasteiger partial charge in [-0.3, -0.25) is 9.69 Å². The van der Waals surface area contributed by atoms with E-state index in [1.807, 2.05) is 0 Å². The number of fused-ring (bicyclic) bond motifs is 1. The number of alkyl halides is 3. The molecule has 20 heavy (non-hydrogen) atoms. The van der Waals surface area contributed by atoms with Crippen LogP contribution in [0.2, 0.25) is 0 Å². The Hall–Kier alpha value is -2.09. The van der Waals surface area contributed by atoms with E-state index < -0.39 is 25.2 Å². The first-order chi connectivity index (χ1) is 9.33. The van der Waals surface area contributed by atoms with Gasteiger partial charge in [0, 0.05) is 0 Å². The van der Waals surface area contributed by atoms with Crippen LogP contribution in [0.1, 0.15) is 5.89 Å². The number of benzene rings is 1. The Morgan fingerprint density at radius 1 is 1.35 bits per heavy atom. The SMILES string of the molecule is O=C(O)CN(Cc1nc2ccccc2o1)CC(F)(F)F. The topological polar surface area (TPSA) is 66.6 Å². The first kappa shape index (κ1) is 14.3. The van der Waals surface area contributed by atoms with Crippen LogP contribution in [0.4, 0.5) is 13.2 Å². The van der Waals surface area contributed by atoms with Crippen molar-refractivity contribution in [2.24, 2.45) is 0 Å². The lowest BCUT2D eigenvalue weighted by Crippen LogP contribution is -2.37. The highest BCUT2D eigenvalue weighted by molar-refractivity contribution is 5.72. The number of rotatable bonds is 5. The number of carboxylic acids is 1. The van der Waals surface area contributed by atoms with E-state index >= 15 is 0 Å². The number of aromatic nitrogens is 1. The van der Waals surface area contributed by atoms with Crippen molar-refractivity contribution in [2.75, 3.05) is 13.1 Å². The molecule has 2 aromatic rings. The highest BCUT2D eigenvalue weighted by Crippen LogP contribution is 2.20. The molecule has 8 heteroatoms. The molecule has 0 aliphatic carbocycles. The number of carbonyl (C=O) groups is 1. The van der Waals surface area contributed by atoms with E-state index in [1.54, 1.807) is 24.3 Å². The van der Waals surface area contributed by atoms with Crippen molar-refractivity contribution in [3.05, 3.63) is 30.2 Å². The third-order valence-electron chi connectivity index (χ3n) is 2.46. The maximum atomic E-state index is 12.4. The Kier molecular flexibility index (Phi) is 3.93. The zero-order valence-electron chi connectivity index (χ0n) is 10.2. The Labute approximate surface area is 111 Å². The van der Waals surface area contributed by atoms with Crippen LogP contribution in [0.5, 0.6) is 0 Å². The molecular formula is C12H11F3N2O3. The summed E-state index contributed by atoms with van der Waals surface area (Å²) in [6.45, 7) is -2.39. The van der Waals surface area contributed by atoms with Crippen molar-refractivity contribution >= 4 is 17.1 Å². The summed E-state index contributed by atoms with van der Waals surface area (Å²) in [5.41, 5.74) is 0.967. The fourth-order valence-corrected chi connectivity index (χ4v) is 1.79. The maximum Gasteiger partial charge on any atom is 0.401 e. The van der Waals surface area contributed by atoms with Crippen molar-refractivity contribution in [3.8, 4) is 0 Å². The Morgan fingerprint density at radius 3 is 2.65 bits per heavy atom. The summed E-state index contributed by atoms with van der Waals surface area (Å²) in [5, 5.41) is 8.64. The van der Waals surface area contributed by atoms with Gasteiger partial charge in [-0.2, -0.15) is 13.2 Å². The molecule has 0 saturated heterocycles. The number of para-hydroxylation sites is 2. The number of aliphatic carboxylic acids is 1. The zero-order valence-corrected chi connectivity index (χ0v) is 10.2. The van der Waals surface area contributed by atoms with Crippen LogP contribution in [0.15, 0.2) is 28.7 Å². The third kappa shape index (κ3) is 3.95. The van der Waals surface area contributed by atoms with Gasteiger partial charge in [-0.05, 0) is 12.1 Å². The van der Waals surface area contributed by atoms with Gasteiger partial charge < -0.3 is 9.52 Å². The molecule has 0 aliphatic heterocycles. The fraction of sp³-hybridized carbons (Fsp3) is 0.333. The molecule has 1 aromatic heterocycles. The molecule has 0 atom stereocenters. The average molecular weight is 288 g/mol. The summed E-state index contributed by atoms with van der Waals surface area (Å²) in [6.07, 6.45) is -4.48. The summed E-state index contributed by atoms with van der Waals surface area (Å²) < 4.78 is 42.4. The lowest BCUT2D eigenvalue weighted by molar-refractivity contribution is -0.155. The summed E-state index contributed by atoms with van der Waals surface area (Å²) in [7, 11) is 0. The predicted octanol–water partition coefficient (Wildman–Crippen LogP) is 2.28. The summed E-state index contributed by atoms with van der Waals surface area (Å²) >= 11 is 0. The molecule has 108 valence electrons. The number of halogens is 3. The van der Waals surface area contributed by atoms with E-state index in [9.17, 15) is 18.0 Å². The van der Waals surface area contributed by atoms with Crippen molar-refractivity contribution in [1.29, 1.82) is 0 Å². The lowest BCUT2D eigenvalue weighted by Gasteiger charge is -2.19. The zero-order chi connectivity index (χ0) is 14.8. The molecular weight excluding hydrogens is 277 g/mol. The predicted molar refractivity (Wildman–Crippen MR) is 63.0 cm³/mol. The summed E-state index contributed by atoms with van der Waals surface area (Å²) in [5.74, 6) is -1.29. The highest BCUT2D eigenvalue weighted by Gasteiger charge is 2.32. The molecule has 0 amide bonds. The fourth-order valence-electron chi connectivity index (χ4n) is 1.79. The Balaban J connectivity index is 2.15. The van der Waals surface area contributed by atoms with E-state index in [0.717, 1.165) is 0 Å². The van der Waals surface area contributed by atoms with Gasteiger partial charge in [0.1, 0.15) is 5.52 Å². The molecule has 0 saturated carbocycles. The molecule has 0 spiro atoms. The van der Waals surface area contributed by atoms with Crippen LogP contribution in [-0.4, -0.2) is 40.2 Å². The molecule has 0 bridgehead atoms. The molecule has 1 aromatic carbocycles. The molecule has 0 fully saturated rings. The monoisotopic (exact) mass is 288 g/mol. The van der Waals surface area contributed by atoms with Gasteiger partial charge in [0.15, 0.2) is 5.58 Å². The van der Waals surface area contributed by atoms with Crippen LogP contribution in [0.3, 0.4) is 0 Å². The normalized spacial score (nSPS) is 12.2. The minimum absolute atomic E-state index is 0.0525. The first-order valence-corrected chi connectivity index (χ1v) is 5.69. The summed E-state index contributed by atoms with van der Waals surface area (Å²) in [6, 6.07) is 6.73. The molecule has 1 heterocycles. The van der Waals surface area contributed by atoms with Gasteiger partial charge in [0.2, 0.25) is 5.89 Å². The first-order valence-electron chi connectivity index (χ1n) is 5.69. The molecule has 5 nitrogen and oxygen atoms in total. The van der Waals surface area contributed by atoms with Gasteiger partial charge in [0.25, 0.3) is 0 Å². The van der Waals surface area contributed by atoms with Gasteiger partial charge in [-0.1, -0.05) is 12.1 Å². The van der Waals surface area contributed by atoms with Crippen LogP contribution < -0.4 is 0 Å². The molecule has 0 aliphatic rings. The Bertz CT molecular complexity index is 576. The van der Waals surface area contributed by atoms with Gasteiger partial charge in [0.05, 0.1) is 19.6 Å². The minimum Gasteiger partial charge on any atom is -0.480 e. The van der Waals surface area contributed by atoms with Crippen molar-refractivity contribution in [3.63, 3.8) is 0 Å². The smallest absolute Gasteiger partial charge is 0.401 e. The number of carboxylic acid groups (broad SMARTS) is 1. The highest BCUT2D eigenvalue weighted by atomic mass is 19.4. The maximum absolute atomic E-state index is 12.4. The van der Waals surface area contributed by atoms with E-state index in [4.69, 9.17) is 9.52 Å². The van der Waals surface area contributed by atoms with Crippen LogP contribution in [0, 0.1) is 0 Å². The van der Waals surface area contributed by atoms with E-state index in [1.165, 1.54) is 0 Å². The van der Waals surface area contributed by atoms with Crippen molar-refractivity contribution < 1.29 is 27.5 Å². The lowest BCUT2D eigenvalue weighted by atomic mass is 10.3. The van der Waals surface area contributed by atoms with E-state index in [0.29, 0.717) is 16.0 Å². The standard InChI is InChI=1S/C12H11F3N2O3/c13-12(14,15)7-17(6-11(18)19)5-10-16-8-3-1-2-4-9(8)20-10/h1-4H,5-7H2,(H,18,19). The van der Waals surface area contributed by atoms with Crippen LogP contribution in [0.25, 0.3) is 11.1 Å². The quantitative estimate of drug-likeness (QED) is 0.914. The third-order valence-corrected chi connectivity index (χ3v) is 2.46. The second-order valence-electron chi connectivity index (χ2n) is 4.23. The second-order valence-corrected chi connectivity index (χ2v) is 4.23. The van der Waals surface area contributed by atoms with Crippen LogP contribution >= 0.6 is 0 Å². The molecule has 2 rings (SSSR count). The minimum atomic E-state index is -4.48. The van der Waals surface area contributed by atoms with Crippen LogP contribution in [-0.2, 0) is 11.3 Å². The molecule has 0 unspecified atom stereocenters. The van der Waals surface area contributed by atoms with Crippen molar-refractivity contribution in [2.45, 2.75) is 12.7 Å². The second kappa shape index (κ2) is 5.49. The number of hydrogen-bond donors (Lipinski definition) is 1. The van der Waals surface area contributed by atoms with E-state index in [-0.39, 0.29) is 12.4 Å².